The molecule has 34 heavy (non-hydrogen) atoms. The Morgan fingerprint density at radius 3 is 2.41 bits per heavy atom. The lowest BCUT2D eigenvalue weighted by molar-refractivity contribution is -0.384. The van der Waals surface area contributed by atoms with E-state index in [1.807, 2.05) is 11.8 Å². The van der Waals surface area contributed by atoms with E-state index in [-0.39, 0.29) is 17.5 Å². The number of amides is 1. The molecule has 0 N–H and O–H groups in total. The minimum atomic E-state index is -4.65. The number of hydrogen-bond donors (Lipinski definition) is 0. The molecule has 3 heterocycles. The summed E-state index contributed by atoms with van der Waals surface area (Å²) in [7, 11) is 0. The fourth-order valence-electron chi connectivity index (χ4n) is 4.58. The number of nitro groups is 1. The molecule has 2 aliphatic heterocycles. The van der Waals surface area contributed by atoms with Gasteiger partial charge in [-0.2, -0.15) is 13.2 Å². The van der Waals surface area contributed by atoms with Crippen LogP contribution in [-0.4, -0.2) is 64.9 Å². The van der Waals surface area contributed by atoms with Crippen LogP contribution in [0.2, 0.25) is 0 Å². The summed E-state index contributed by atoms with van der Waals surface area (Å²) < 4.78 is 38.9. The van der Waals surface area contributed by atoms with Gasteiger partial charge in [-0.3, -0.25) is 19.8 Å². The highest BCUT2D eigenvalue weighted by Crippen LogP contribution is 2.38. The Hall–Kier alpha value is -2.73. The number of piperidine rings is 1. The van der Waals surface area contributed by atoms with Crippen molar-refractivity contribution in [2.24, 2.45) is 5.92 Å². The highest BCUT2D eigenvalue weighted by atomic mass is 32.1. The normalized spacial score (nSPS) is 18.4. The van der Waals surface area contributed by atoms with Gasteiger partial charge in [0.15, 0.2) is 0 Å². The molecule has 0 saturated carbocycles. The summed E-state index contributed by atoms with van der Waals surface area (Å²) in [5.74, 6) is -0.0942. The van der Waals surface area contributed by atoms with Gasteiger partial charge < -0.3 is 9.80 Å². The molecule has 184 valence electrons. The third-order valence-electron chi connectivity index (χ3n) is 6.42. The Morgan fingerprint density at radius 1 is 1.18 bits per heavy atom. The first kappa shape index (κ1) is 24.4. The van der Waals surface area contributed by atoms with Gasteiger partial charge in [0.1, 0.15) is 5.69 Å². The van der Waals surface area contributed by atoms with Crippen molar-refractivity contribution in [3.8, 4) is 0 Å². The summed E-state index contributed by atoms with van der Waals surface area (Å²) in [6.45, 7) is 6.36. The monoisotopic (exact) mass is 497 g/mol. The van der Waals surface area contributed by atoms with Crippen LogP contribution in [0.25, 0.3) is 0 Å². The average molecular weight is 498 g/mol. The molecule has 0 atom stereocenters. The molecule has 0 unspecified atom stereocenters. The molecular formula is C22H26F3N5O3S. The summed E-state index contributed by atoms with van der Waals surface area (Å²) in [6.07, 6.45) is -3.63. The molecule has 4 rings (SSSR count). The minimum absolute atomic E-state index is 0.0886. The summed E-state index contributed by atoms with van der Waals surface area (Å²) in [5.41, 5.74) is -0.398. The van der Waals surface area contributed by atoms with Crippen LogP contribution in [-0.2, 0) is 17.5 Å². The Morgan fingerprint density at radius 2 is 1.85 bits per heavy atom. The van der Waals surface area contributed by atoms with Gasteiger partial charge in [-0.05, 0) is 31.9 Å². The van der Waals surface area contributed by atoms with Gasteiger partial charge in [-0.15, -0.1) is 11.3 Å². The number of piperazine rings is 1. The second kappa shape index (κ2) is 9.87. The molecule has 0 bridgehead atoms. The molecule has 12 heteroatoms. The Bertz CT molecular complexity index is 1040. The molecule has 1 aromatic heterocycles. The van der Waals surface area contributed by atoms with E-state index >= 15 is 0 Å². The van der Waals surface area contributed by atoms with Crippen molar-refractivity contribution >= 4 is 28.6 Å². The maximum absolute atomic E-state index is 13.0. The van der Waals surface area contributed by atoms with Crippen molar-refractivity contribution < 1.29 is 22.9 Å². The second-order valence-electron chi connectivity index (χ2n) is 8.68. The molecule has 1 amide bonds. The first-order chi connectivity index (χ1) is 16.1. The Balaban J connectivity index is 1.32. The maximum atomic E-state index is 13.0. The van der Waals surface area contributed by atoms with Crippen molar-refractivity contribution in [1.29, 1.82) is 0 Å². The van der Waals surface area contributed by atoms with E-state index in [9.17, 15) is 28.1 Å². The van der Waals surface area contributed by atoms with E-state index in [0.717, 1.165) is 42.5 Å². The van der Waals surface area contributed by atoms with Gasteiger partial charge in [0, 0.05) is 63.2 Å². The van der Waals surface area contributed by atoms with E-state index in [0.29, 0.717) is 45.1 Å². The molecule has 8 nitrogen and oxygen atoms in total. The second-order valence-corrected chi connectivity index (χ2v) is 9.74. The zero-order valence-electron chi connectivity index (χ0n) is 18.8. The van der Waals surface area contributed by atoms with E-state index in [2.05, 4.69) is 15.3 Å². The molecule has 0 aliphatic carbocycles. The van der Waals surface area contributed by atoms with Crippen molar-refractivity contribution in [1.82, 2.24) is 14.8 Å². The molecule has 2 fully saturated rings. The summed E-state index contributed by atoms with van der Waals surface area (Å²) in [5, 5.41) is 14.5. The lowest BCUT2D eigenvalue weighted by atomic mass is 9.94. The third-order valence-corrected chi connectivity index (χ3v) is 7.24. The number of carbonyl (C=O) groups is 1. The van der Waals surface area contributed by atoms with Crippen LogP contribution in [0.1, 0.15) is 29.1 Å². The van der Waals surface area contributed by atoms with Crippen LogP contribution in [0.3, 0.4) is 0 Å². The highest BCUT2D eigenvalue weighted by Gasteiger charge is 2.35. The molecule has 0 spiro atoms. The number of aryl methyl sites for hydroxylation is 1. The van der Waals surface area contributed by atoms with Gasteiger partial charge in [-0.1, -0.05) is 0 Å². The van der Waals surface area contributed by atoms with Gasteiger partial charge in [-0.25, -0.2) is 4.98 Å². The van der Waals surface area contributed by atoms with Crippen molar-refractivity contribution in [3.05, 3.63) is 50.0 Å². The van der Waals surface area contributed by atoms with Gasteiger partial charge in [0.25, 0.3) is 5.69 Å². The number of nitrogens with zero attached hydrogens (tertiary/aromatic N) is 5. The Kier molecular flexibility index (Phi) is 7.08. The average Bonchev–Trinajstić information content (AvgIpc) is 3.22. The topological polar surface area (TPSA) is 82.8 Å². The molecule has 2 saturated heterocycles. The molecule has 1 aromatic carbocycles. The quantitative estimate of drug-likeness (QED) is 0.460. The largest absolute Gasteiger partial charge is 0.416 e. The minimum Gasteiger partial charge on any atom is -0.366 e. The number of nitro benzene ring substituents is 1. The maximum Gasteiger partial charge on any atom is 0.416 e. The lowest BCUT2D eigenvalue weighted by Gasteiger charge is -2.38. The molecule has 2 aliphatic rings. The number of alkyl halides is 3. The standard InChI is InChI=1S/C22H26F3N5O3S/c1-15-26-18(14-34-15)13-27-8-10-29(11-9-27)21(31)16-4-6-28(7-5-16)19-3-2-17(22(23,24)25)12-20(19)30(32)33/h2-3,12,14,16H,4-11,13H2,1H3. The smallest absolute Gasteiger partial charge is 0.366 e. The SMILES string of the molecule is Cc1nc(CN2CCN(C(=O)C3CCN(c4ccc(C(F)(F)F)cc4[N+](=O)[O-])CC3)CC2)cs1. The van der Waals surface area contributed by atoms with Crippen LogP contribution in [0.15, 0.2) is 23.6 Å². The summed E-state index contributed by atoms with van der Waals surface area (Å²) >= 11 is 1.63. The van der Waals surface area contributed by atoms with Crippen LogP contribution in [0.4, 0.5) is 24.5 Å². The number of benzene rings is 1. The first-order valence-electron chi connectivity index (χ1n) is 11.1. The highest BCUT2D eigenvalue weighted by molar-refractivity contribution is 7.09. The number of anilines is 1. The van der Waals surface area contributed by atoms with Crippen LogP contribution < -0.4 is 4.90 Å². The number of halogens is 3. The lowest BCUT2D eigenvalue weighted by Crippen LogP contribution is -2.51. The third kappa shape index (κ3) is 5.49. The number of thiazole rings is 1. The van der Waals surface area contributed by atoms with Crippen LogP contribution in [0, 0.1) is 23.0 Å². The number of aromatic nitrogens is 1. The number of rotatable bonds is 5. The fourth-order valence-corrected chi connectivity index (χ4v) is 5.18. The fraction of sp³-hybridized carbons (Fsp3) is 0.545. The predicted octanol–water partition coefficient (Wildman–Crippen LogP) is 3.94. The first-order valence-corrected chi connectivity index (χ1v) is 12.0. The predicted molar refractivity (Wildman–Crippen MR) is 122 cm³/mol. The molecule has 2 aromatic rings. The summed E-state index contributed by atoms with van der Waals surface area (Å²) in [6, 6.07) is 2.61. The summed E-state index contributed by atoms with van der Waals surface area (Å²) in [4.78, 5) is 34.0. The van der Waals surface area contributed by atoms with Crippen molar-refractivity contribution in [2.45, 2.75) is 32.5 Å². The zero-order valence-corrected chi connectivity index (χ0v) is 19.6. The van der Waals surface area contributed by atoms with E-state index in [4.69, 9.17) is 0 Å². The Labute approximate surface area is 199 Å². The van der Waals surface area contributed by atoms with Crippen molar-refractivity contribution in [3.63, 3.8) is 0 Å². The van der Waals surface area contributed by atoms with Crippen LogP contribution >= 0.6 is 11.3 Å². The van der Waals surface area contributed by atoms with E-state index in [1.54, 1.807) is 16.2 Å². The van der Waals surface area contributed by atoms with Gasteiger partial charge in [0.05, 0.1) is 21.2 Å². The number of hydrogen-bond acceptors (Lipinski definition) is 7. The van der Waals surface area contributed by atoms with E-state index < -0.39 is 22.4 Å². The molecule has 0 radical (unpaired) electrons. The number of carbonyl (C=O) groups excluding carboxylic acids is 1. The molecular weight excluding hydrogens is 471 g/mol. The van der Waals surface area contributed by atoms with Crippen molar-refractivity contribution in [2.75, 3.05) is 44.2 Å². The van der Waals surface area contributed by atoms with Crippen LogP contribution in [0.5, 0.6) is 0 Å². The van der Waals surface area contributed by atoms with E-state index in [1.165, 1.54) is 0 Å². The zero-order chi connectivity index (χ0) is 24.5. The van der Waals surface area contributed by atoms with Gasteiger partial charge in [0.2, 0.25) is 5.91 Å². The van der Waals surface area contributed by atoms with Gasteiger partial charge >= 0.3 is 6.18 Å².